The van der Waals surface area contributed by atoms with Gasteiger partial charge in [-0.1, -0.05) is 24.6 Å². The molecule has 29 heavy (non-hydrogen) atoms. The molecule has 0 spiro atoms. The summed E-state index contributed by atoms with van der Waals surface area (Å²) in [6.07, 6.45) is 4.41. The Morgan fingerprint density at radius 3 is 2.31 bits per heavy atom. The number of benzene rings is 1. The lowest BCUT2D eigenvalue weighted by molar-refractivity contribution is 0.0869. The van der Waals surface area contributed by atoms with Gasteiger partial charge in [0.2, 0.25) is 0 Å². The van der Waals surface area contributed by atoms with Crippen molar-refractivity contribution in [3.63, 3.8) is 0 Å². The van der Waals surface area contributed by atoms with Crippen LogP contribution in [-0.2, 0) is 10.0 Å². The van der Waals surface area contributed by atoms with Gasteiger partial charge in [-0.25, -0.2) is 17.7 Å². The summed E-state index contributed by atoms with van der Waals surface area (Å²) in [5.41, 5.74) is 0.290. The first-order valence-electron chi connectivity index (χ1n) is 10.1. The molecule has 1 saturated heterocycles. The first kappa shape index (κ1) is 19.8. The van der Waals surface area contributed by atoms with E-state index in [4.69, 9.17) is 0 Å². The Kier molecular flexibility index (Phi) is 5.82. The van der Waals surface area contributed by atoms with Crippen molar-refractivity contribution in [1.29, 1.82) is 0 Å². The van der Waals surface area contributed by atoms with E-state index in [1.165, 1.54) is 6.07 Å². The van der Waals surface area contributed by atoms with Crippen LogP contribution in [-0.4, -0.2) is 67.8 Å². The average molecular weight is 415 g/mol. The van der Waals surface area contributed by atoms with Crippen molar-refractivity contribution in [3.05, 3.63) is 54.2 Å². The van der Waals surface area contributed by atoms with Crippen molar-refractivity contribution in [1.82, 2.24) is 14.2 Å². The number of anilines is 1. The van der Waals surface area contributed by atoms with Gasteiger partial charge in [0.25, 0.3) is 15.9 Å². The molecule has 0 radical (unpaired) electrons. The van der Waals surface area contributed by atoms with Crippen LogP contribution in [0.2, 0.25) is 0 Å². The molecule has 2 aliphatic rings. The molecule has 2 aliphatic heterocycles. The standard InChI is InChI=1S/C21H26N4O3S/c26-21-18-8-2-3-9-19(18)29(27,28)25(21)13-7-1-6-12-23-14-16-24(17-15-23)20-10-4-5-11-22-20/h2-5,8-11H,1,6-7,12-17H2. The van der Waals surface area contributed by atoms with Crippen molar-refractivity contribution < 1.29 is 13.2 Å². The molecule has 0 unspecified atom stereocenters. The van der Waals surface area contributed by atoms with Gasteiger partial charge in [0.05, 0.1) is 5.56 Å². The summed E-state index contributed by atoms with van der Waals surface area (Å²) in [6, 6.07) is 12.4. The van der Waals surface area contributed by atoms with E-state index >= 15 is 0 Å². The van der Waals surface area contributed by atoms with Gasteiger partial charge in [-0.2, -0.15) is 0 Å². The van der Waals surface area contributed by atoms with Crippen LogP contribution in [0.1, 0.15) is 29.6 Å². The van der Waals surface area contributed by atoms with Crippen molar-refractivity contribution in [2.75, 3.05) is 44.2 Å². The zero-order valence-electron chi connectivity index (χ0n) is 16.4. The fourth-order valence-electron chi connectivity index (χ4n) is 3.96. The Morgan fingerprint density at radius 1 is 0.862 bits per heavy atom. The molecule has 1 aromatic heterocycles. The van der Waals surface area contributed by atoms with Crippen LogP contribution >= 0.6 is 0 Å². The number of aromatic nitrogens is 1. The Bertz CT molecular complexity index is 957. The summed E-state index contributed by atoms with van der Waals surface area (Å²) in [5, 5.41) is 0. The summed E-state index contributed by atoms with van der Waals surface area (Å²) < 4.78 is 26.1. The lowest BCUT2D eigenvalue weighted by Gasteiger charge is -2.35. The minimum absolute atomic E-state index is 0.135. The highest BCUT2D eigenvalue weighted by Crippen LogP contribution is 2.30. The van der Waals surface area contributed by atoms with Gasteiger partial charge in [0, 0.05) is 38.9 Å². The molecule has 0 aliphatic carbocycles. The van der Waals surface area contributed by atoms with E-state index in [0.29, 0.717) is 12.0 Å². The number of sulfonamides is 1. The average Bonchev–Trinajstić information content (AvgIpc) is 2.95. The molecule has 8 heteroatoms. The van der Waals surface area contributed by atoms with E-state index in [-0.39, 0.29) is 11.4 Å². The maximum atomic E-state index is 12.5. The van der Waals surface area contributed by atoms with E-state index < -0.39 is 15.9 Å². The van der Waals surface area contributed by atoms with Gasteiger partial charge < -0.3 is 4.90 Å². The number of carbonyl (C=O) groups excluding carboxylic acids is 1. The highest BCUT2D eigenvalue weighted by Gasteiger charge is 2.40. The summed E-state index contributed by atoms with van der Waals surface area (Å²) in [6.45, 7) is 5.20. The fourth-order valence-corrected chi connectivity index (χ4v) is 5.57. The Balaban J connectivity index is 1.18. The second-order valence-electron chi connectivity index (χ2n) is 7.46. The molecular formula is C21H26N4O3S. The number of rotatable bonds is 7. The fraction of sp³-hybridized carbons (Fsp3) is 0.429. The molecule has 0 N–H and O–H groups in total. The van der Waals surface area contributed by atoms with Crippen LogP contribution in [0.15, 0.2) is 53.6 Å². The van der Waals surface area contributed by atoms with Crippen LogP contribution in [0.4, 0.5) is 5.82 Å². The van der Waals surface area contributed by atoms with Crippen LogP contribution < -0.4 is 4.90 Å². The van der Waals surface area contributed by atoms with Crippen LogP contribution in [0.25, 0.3) is 0 Å². The maximum Gasteiger partial charge on any atom is 0.269 e. The van der Waals surface area contributed by atoms with Crippen molar-refractivity contribution in [2.24, 2.45) is 0 Å². The summed E-state index contributed by atoms with van der Waals surface area (Å²) >= 11 is 0. The molecule has 7 nitrogen and oxygen atoms in total. The topological polar surface area (TPSA) is 73.8 Å². The molecular weight excluding hydrogens is 388 g/mol. The van der Waals surface area contributed by atoms with Gasteiger partial charge in [0.1, 0.15) is 10.7 Å². The van der Waals surface area contributed by atoms with E-state index in [1.807, 2.05) is 24.4 Å². The second-order valence-corrected chi connectivity index (χ2v) is 9.29. The number of hydrogen-bond acceptors (Lipinski definition) is 6. The monoisotopic (exact) mass is 414 g/mol. The van der Waals surface area contributed by atoms with Crippen LogP contribution in [0.3, 0.4) is 0 Å². The van der Waals surface area contributed by atoms with Gasteiger partial charge in [-0.15, -0.1) is 0 Å². The molecule has 0 bridgehead atoms. The molecule has 4 rings (SSSR count). The number of pyridine rings is 1. The third-order valence-electron chi connectivity index (χ3n) is 5.59. The molecule has 0 saturated carbocycles. The predicted octanol–water partition coefficient (Wildman–Crippen LogP) is 2.22. The first-order chi connectivity index (χ1) is 14.1. The molecule has 1 aromatic carbocycles. The van der Waals surface area contributed by atoms with Crippen LogP contribution in [0, 0.1) is 0 Å². The molecule has 3 heterocycles. The Morgan fingerprint density at radius 2 is 1.59 bits per heavy atom. The number of fused-ring (bicyclic) bond motifs is 1. The first-order valence-corrected chi connectivity index (χ1v) is 11.6. The van der Waals surface area contributed by atoms with Crippen LogP contribution in [0.5, 0.6) is 0 Å². The number of carbonyl (C=O) groups is 1. The highest BCUT2D eigenvalue weighted by molar-refractivity contribution is 7.90. The smallest absolute Gasteiger partial charge is 0.269 e. The minimum Gasteiger partial charge on any atom is -0.354 e. The zero-order chi connectivity index (χ0) is 20.3. The van der Waals surface area contributed by atoms with Crippen molar-refractivity contribution >= 4 is 21.7 Å². The molecule has 1 amide bonds. The number of amides is 1. The molecule has 154 valence electrons. The Hall–Kier alpha value is -2.45. The van der Waals surface area contributed by atoms with Gasteiger partial charge >= 0.3 is 0 Å². The largest absolute Gasteiger partial charge is 0.354 e. The van der Waals surface area contributed by atoms with Crippen molar-refractivity contribution in [3.8, 4) is 0 Å². The number of unbranched alkanes of at least 4 members (excludes halogenated alkanes) is 2. The van der Waals surface area contributed by atoms with E-state index in [9.17, 15) is 13.2 Å². The lowest BCUT2D eigenvalue weighted by Crippen LogP contribution is -2.46. The van der Waals surface area contributed by atoms with Crippen molar-refractivity contribution in [2.45, 2.75) is 24.2 Å². The summed E-state index contributed by atoms with van der Waals surface area (Å²) in [5.74, 6) is 0.635. The quantitative estimate of drug-likeness (QED) is 0.647. The SMILES string of the molecule is O=C1c2ccccc2S(=O)(=O)N1CCCCCN1CCN(c2ccccn2)CC1. The third-order valence-corrected chi connectivity index (χ3v) is 7.43. The minimum atomic E-state index is -3.67. The number of nitrogens with zero attached hydrogens (tertiary/aromatic N) is 4. The number of hydrogen-bond donors (Lipinski definition) is 0. The Labute approximate surface area is 172 Å². The zero-order valence-corrected chi connectivity index (χ0v) is 17.2. The predicted molar refractivity (Wildman–Crippen MR) is 111 cm³/mol. The van der Waals surface area contributed by atoms with E-state index in [1.54, 1.807) is 18.2 Å². The highest BCUT2D eigenvalue weighted by atomic mass is 32.2. The maximum absolute atomic E-state index is 12.5. The summed E-state index contributed by atoms with van der Waals surface area (Å²) in [7, 11) is -3.67. The van der Waals surface area contributed by atoms with Gasteiger partial charge in [0.15, 0.2) is 0 Å². The molecule has 0 atom stereocenters. The normalized spacial score (nSPS) is 18.8. The van der Waals surface area contributed by atoms with E-state index in [0.717, 1.165) is 55.7 Å². The number of piperazine rings is 1. The second kappa shape index (κ2) is 8.51. The molecule has 1 fully saturated rings. The van der Waals surface area contributed by atoms with E-state index in [2.05, 4.69) is 14.8 Å². The summed E-state index contributed by atoms with van der Waals surface area (Å²) in [4.78, 5) is 21.7. The van der Waals surface area contributed by atoms with Gasteiger partial charge in [-0.3, -0.25) is 9.69 Å². The lowest BCUT2D eigenvalue weighted by atomic mass is 10.2. The van der Waals surface area contributed by atoms with Gasteiger partial charge in [-0.05, 0) is 43.7 Å². The molecule has 2 aromatic rings. The third kappa shape index (κ3) is 4.13.